The number of thiophene rings is 1. The molecule has 17 heteroatoms. The van der Waals surface area contributed by atoms with E-state index >= 15 is 0 Å². The number of nitrogens with zero attached hydrogens (tertiary/aromatic N) is 4. The quantitative estimate of drug-likeness (QED) is 0.383. The first-order valence-electron chi connectivity index (χ1n) is 16.6. The van der Waals surface area contributed by atoms with E-state index in [1.807, 2.05) is 4.90 Å². The summed E-state index contributed by atoms with van der Waals surface area (Å²) < 4.78 is 40.5. The Balaban J connectivity index is 1.20. The lowest BCUT2D eigenvalue weighted by Gasteiger charge is -2.39. The Labute approximate surface area is 285 Å². The number of carbonyl (C=O) groups excluding carboxylic acids is 5. The number of halogens is 2. The van der Waals surface area contributed by atoms with Gasteiger partial charge in [-0.05, 0) is 68.5 Å². The smallest absolute Gasteiger partial charge is 0.342 e. The number of rotatable bonds is 6. The van der Waals surface area contributed by atoms with Gasteiger partial charge in [0, 0.05) is 62.5 Å². The Morgan fingerprint density at radius 1 is 0.898 bits per heavy atom. The van der Waals surface area contributed by atoms with Crippen LogP contribution in [0.5, 0.6) is 0 Å². The van der Waals surface area contributed by atoms with Crippen molar-refractivity contribution < 1.29 is 47.1 Å². The van der Waals surface area contributed by atoms with Crippen LogP contribution >= 0.6 is 18.9 Å². The fourth-order valence-corrected chi connectivity index (χ4v) is 8.92. The predicted octanol–water partition coefficient (Wildman–Crippen LogP) is 2.70. The molecule has 49 heavy (non-hydrogen) atoms. The highest BCUT2D eigenvalue weighted by Gasteiger charge is 2.51. The second-order valence-electron chi connectivity index (χ2n) is 13.4. The van der Waals surface area contributed by atoms with Gasteiger partial charge in [-0.3, -0.25) is 28.5 Å². The molecule has 4 aliphatic heterocycles. The normalized spacial score (nSPS) is 25.3. The molecule has 5 amide bonds. The van der Waals surface area contributed by atoms with E-state index in [0.29, 0.717) is 50.0 Å². The van der Waals surface area contributed by atoms with E-state index < -0.39 is 42.7 Å². The molecule has 0 saturated carbocycles. The van der Waals surface area contributed by atoms with E-state index in [9.17, 15) is 37.3 Å². The van der Waals surface area contributed by atoms with Crippen LogP contribution in [0.4, 0.5) is 8.78 Å². The van der Waals surface area contributed by atoms with Crippen molar-refractivity contribution in [1.82, 2.24) is 24.9 Å². The first kappa shape index (κ1) is 35.4. The second kappa shape index (κ2) is 13.7. The standard InChI is InChI=1S/C32H40F2N5O8PS/c1-19(40)37-14-10-23-6-7-25(31(44)38-13-9-20(17-38)29(42)36-11-3-2-4-12-36)39(23)30(43)24(18-37)35-28(41)27-16-21-15-22(5-8-26(21)49-27)32(33,34)48(45,46)47/h5,8,15-16,20,23-25H,2-4,6-7,9-14,17-18H2,1H3,(H,35,41)(H2,45,46,47)/t20-,23+,24-,25-/m0/s1. The number of likely N-dealkylation sites (tertiary alicyclic amines) is 2. The van der Waals surface area contributed by atoms with Crippen LogP contribution in [0.3, 0.4) is 0 Å². The molecule has 0 unspecified atom stereocenters. The summed E-state index contributed by atoms with van der Waals surface area (Å²) in [6.07, 6.45) is 5.02. The number of amides is 5. The second-order valence-corrected chi connectivity index (χ2v) is 16.1. The molecule has 0 aliphatic carbocycles. The number of benzene rings is 1. The van der Waals surface area contributed by atoms with Crippen LogP contribution in [0, 0.1) is 5.92 Å². The van der Waals surface area contributed by atoms with Crippen molar-refractivity contribution >= 4 is 58.6 Å². The molecule has 13 nitrogen and oxygen atoms in total. The first-order valence-corrected chi connectivity index (χ1v) is 19.0. The van der Waals surface area contributed by atoms with Crippen LogP contribution in [0.2, 0.25) is 0 Å². The monoisotopic (exact) mass is 723 g/mol. The Morgan fingerprint density at radius 3 is 2.31 bits per heavy atom. The van der Waals surface area contributed by atoms with Gasteiger partial charge >= 0.3 is 13.3 Å². The van der Waals surface area contributed by atoms with Crippen LogP contribution < -0.4 is 5.32 Å². The van der Waals surface area contributed by atoms with Crippen molar-refractivity contribution in [3.63, 3.8) is 0 Å². The zero-order chi connectivity index (χ0) is 35.2. The van der Waals surface area contributed by atoms with E-state index in [2.05, 4.69) is 5.32 Å². The number of hydrogen-bond acceptors (Lipinski definition) is 7. The van der Waals surface area contributed by atoms with Crippen LogP contribution in [0.15, 0.2) is 24.3 Å². The fraction of sp³-hybridized carbons (Fsp3) is 0.594. The Morgan fingerprint density at radius 2 is 1.61 bits per heavy atom. The lowest BCUT2D eigenvalue weighted by molar-refractivity contribution is -0.148. The van der Waals surface area contributed by atoms with Gasteiger partial charge in [-0.25, -0.2) is 0 Å². The van der Waals surface area contributed by atoms with Crippen molar-refractivity contribution in [3.05, 3.63) is 34.7 Å². The lowest BCUT2D eigenvalue weighted by Crippen LogP contribution is -2.61. The molecule has 5 heterocycles. The summed E-state index contributed by atoms with van der Waals surface area (Å²) in [5.41, 5.74) is -5.33. The third-order valence-corrected chi connectivity index (χ3v) is 12.3. The fourth-order valence-electron chi connectivity index (χ4n) is 7.50. The van der Waals surface area contributed by atoms with E-state index in [-0.39, 0.29) is 46.5 Å². The minimum atomic E-state index is -5.80. The van der Waals surface area contributed by atoms with E-state index in [0.717, 1.165) is 55.8 Å². The van der Waals surface area contributed by atoms with Crippen molar-refractivity contribution in [1.29, 1.82) is 0 Å². The molecule has 2 aromatic rings. The molecular weight excluding hydrogens is 683 g/mol. The molecule has 4 fully saturated rings. The van der Waals surface area contributed by atoms with Crippen molar-refractivity contribution in [2.45, 2.75) is 75.7 Å². The number of fused-ring (bicyclic) bond motifs is 2. The van der Waals surface area contributed by atoms with Gasteiger partial charge in [-0.2, -0.15) is 8.78 Å². The number of alkyl halides is 2. The molecule has 0 spiro atoms. The van der Waals surface area contributed by atoms with Gasteiger partial charge in [0.15, 0.2) is 0 Å². The van der Waals surface area contributed by atoms with Crippen LogP contribution in [0.1, 0.15) is 67.1 Å². The summed E-state index contributed by atoms with van der Waals surface area (Å²) >= 11 is 0.945. The SMILES string of the molecule is CC(=O)N1CC[C@H]2CC[C@@H](C(=O)N3CC[C@H](C(=O)N4CCCCC4)C3)N2C(=O)[C@@H](NC(=O)c2cc3cc(C(F)(F)P(=O)(O)O)ccc3s2)C1. The number of piperidine rings is 1. The molecule has 0 radical (unpaired) electrons. The summed E-state index contributed by atoms with van der Waals surface area (Å²) in [5.74, 6) is -1.94. The first-order chi connectivity index (χ1) is 23.2. The Bertz CT molecular complexity index is 1710. The summed E-state index contributed by atoms with van der Waals surface area (Å²) in [6.45, 7) is 3.72. The Hall–Kier alpha value is -3.46. The maximum atomic E-state index is 14.4. The van der Waals surface area contributed by atoms with E-state index in [1.165, 1.54) is 24.0 Å². The van der Waals surface area contributed by atoms with E-state index in [4.69, 9.17) is 9.79 Å². The van der Waals surface area contributed by atoms with Crippen molar-refractivity contribution in [3.8, 4) is 0 Å². The molecule has 4 atom stereocenters. The molecule has 4 saturated heterocycles. The lowest BCUT2D eigenvalue weighted by atomic mass is 10.0. The van der Waals surface area contributed by atoms with Gasteiger partial charge in [0.05, 0.1) is 10.8 Å². The maximum Gasteiger partial charge on any atom is 0.399 e. The van der Waals surface area contributed by atoms with E-state index in [1.54, 1.807) is 9.80 Å². The maximum absolute atomic E-state index is 14.4. The highest BCUT2D eigenvalue weighted by atomic mass is 32.1. The van der Waals surface area contributed by atoms with Gasteiger partial charge in [0.2, 0.25) is 23.6 Å². The molecule has 1 aromatic carbocycles. The zero-order valence-corrected chi connectivity index (χ0v) is 28.8. The average Bonchev–Trinajstić information content (AvgIpc) is 3.82. The van der Waals surface area contributed by atoms with Crippen LogP contribution in [-0.4, -0.2) is 116 Å². The summed E-state index contributed by atoms with van der Waals surface area (Å²) in [6, 6.07) is 2.01. The molecule has 1 aromatic heterocycles. The Kier molecular flexibility index (Phi) is 9.88. The van der Waals surface area contributed by atoms with Gasteiger partial charge in [-0.15, -0.1) is 11.3 Å². The average molecular weight is 724 g/mol. The van der Waals surface area contributed by atoms with Gasteiger partial charge in [-0.1, -0.05) is 6.07 Å². The number of hydrogen-bond donors (Lipinski definition) is 3. The topological polar surface area (TPSA) is 168 Å². The third-order valence-electron chi connectivity index (χ3n) is 10.2. The molecule has 6 rings (SSSR count). The number of nitrogens with one attached hydrogen (secondary N) is 1. The zero-order valence-electron chi connectivity index (χ0n) is 27.1. The highest BCUT2D eigenvalue weighted by Crippen LogP contribution is 2.59. The summed E-state index contributed by atoms with van der Waals surface area (Å²) in [7, 11) is -5.80. The van der Waals surface area contributed by atoms with Crippen LogP contribution in [0.25, 0.3) is 10.1 Å². The largest absolute Gasteiger partial charge is 0.399 e. The van der Waals surface area contributed by atoms with Gasteiger partial charge in [0.25, 0.3) is 5.91 Å². The summed E-state index contributed by atoms with van der Waals surface area (Å²) in [4.78, 5) is 92.2. The predicted molar refractivity (Wildman–Crippen MR) is 175 cm³/mol. The minimum absolute atomic E-state index is 0.0583. The van der Waals surface area contributed by atoms with Gasteiger partial charge < -0.3 is 34.7 Å². The highest BCUT2D eigenvalue weighted by molar-refractivity contribution is 7.52. The number of carbonyl (C=O) groups is 5. The van der Waals surface area contributed by atoms with Crippen LogP contribution in [-0.2, 0) is 29.4 Å². The van der Waals surface area contributed by atoms with Gasteiger partial charge in [0.1, 0.15) is 12.1 Å². The van der Waals surface area contributed by atoms with Crippen molar-refractivity contribution in [2.24, 2.45) is 5.92 Å². The molecule has 3 N–H and O–H groups in total. The third kappa shape index (κ3) is 6.97. The summed E-state index contributed by atoms with van der Waals surface area (Å²) in [5, 5.41) is 2.86. The van der Waals surface area contributed by atoms with Crippen molar-refractivity contribution in [2.75, 3.05) is 39.3 Å². The molecule has 0 bridgehead atoms. The molecule has 266 valence electrons. The molecular formula is C32H40F2N5O8PS. The minimum Gasteiger partial charge on any atom is -0.342 e. The molecule has 4 aliphatic rings.